The van der Waals surface area contributed by atoms with Gasteiger partial charge in [-0.15, -0.1) is 0 Å². The minimum absolute atomic E-state index is 0.0333. The molecule has 3 N–H and O–H groups in total. The van der Waals surface area contributed by atoms with Gasteiger partial charge in [0.05, 0.1) is 12.1 Å². The van der Waals surface area contributed by atoms with Gasteiger partial charge in [0.1, 0.15) is 12.6 Å². The number of amides is 2. The van der Waals surface area contributed by atoms with Gasteiger partial charge >= 0.3 is 12.1 Å². The van der Waals surface area contributed by atoms with E-state index in [4.69, 9.17) is 14.6 Å². The maximum atomic E-state index is 13.1. The largest absolute Gasteiger partial charge is 0.481 e. The Labute approximate surface area is 205 Å². The van der Waals surface area contributed by atoms with E-state index in [1.807, 2.05) is 43.3 Å². The molecule has 0 spiro atoms. The number of carbonyl (C=O) groups excluding carboxylic acids is 2. The fourth-order valence-electron chi connectivity index (χ4n) is 5.11. The van der Waals surface area contributed by atoms with Gasteiger partial charge in [-0.2, -0.15) is 0 Å². The molecule has 35 heavy (non-hydrogen) atoms. The van der Waals surface area contributed by atoms with E-state index in [1.54, 1.807) is 0 Å². The van der Waals surface area contributed by atoms with Crippen molar-refractivity contribution in [1.82, 2.24) is 10.6 Å². The number of carboxylic acids is 1. The molecule has 4 rings (SSSR count). The lowest BCUT2D eigenvalue weighted by Gasteiger charge is -2.30. The molecule has 0 bridgehead atoms. The van der Waals surface area contributed by atoms with E-state index < -0.39 is 29.6 Å². The standard InChI is InChI=1S/C27H32N2O6/c1-2-13-27(14-15-34-17-27)29-25(32)23(11-12-24(30)31)28-26(33)35-16-22-20-9-5-3-7-18(20)19-8-4-6-10-21(19)22/h3-10,22-23H,2,11-17H2,1H3,(H,28,33)(H,29,32)(H,30,31). The van der Waals surface area contributed by atoms with Gasteiger partial charge in [-0.3, -0.25) is 9.59 Å². The minimum Gasteiger partial charge on any atom is -0.481 e. The predicted molar refractivity (Wildman–Crippen MR) is 130 cm³/mol. The number of nitrogens with one attached hydrogen (secondary N) is 2. The van der Waals surface area contributed by atoms with Gasteiger partial charge in [0.25, 0.3) is 0 Å². The van der Waals surface area contributed by atoms with Crippen molar-refractivity contribution in [2.75, 3.05) is 19.8 Å². The highest BCUT2D eigenvalue weighted by molar-refractivity contribution is 5.87. The number of carboxylic acid groups (broad SMARTS) is 1. The van der Waals surface area contributed by atoms with Crippen LogP contribution in [0, 0.1) is 0 Å². The molecule has 0 radical (unpaired) electrons. The molecular weight excluding hydrogens is 448 g/mol. The molecule has 186 valence electrons. The quantitative estimate of drug-likeness (QED) is 0.476. The molecule has 1 aliphatic carbocycles. The zero-order chi connectivity index (χ0) is 24.8. The normalized spacial score (nSPS) is 19.5. The minimum atomic E-state index is -1.04. The third kappa shape index (κ3) is 5.65. The van der Waals surface area contributed by atoms with Crippen molar-refractivity contribution < 1.29 is 29.0 Å². The molecule has 2 aromatic carbocycles. The Kier molecular flexibility index (Phi) is 7.70. The van der Waals surface area contributed by atoms with E-state index >= 15 is 0 Å². The first-order valence-electron chi connectivity index (χ1n) is 12.2. The number of alkyl carbamates (subject to hydrolysis) is 1. The van der Waals surface area contributed by atoms with Crippen LogP contribution in [0.5, 0.6) is 0 Å². The Hall–Kier alpha value is -3.39. The molecule has 2 aliphatic rings. The van der Waals surface area contributed by atoms with Crippen molar-refractivity contribution >= 4 is 18.0 Å². The van der Waals surface area contributed by atoms with Gasteiger partial charge < -0.3 is 25.2 Å². The summed E-state index contributed by atoms with van der Waals surface area (Å²) in [5.74, 6) is -1.56. The summed E-state index contributed by atoms with van der Waals surface area (Å²) >= 11 is 0. The average Bonchev–Trinajstić information content (AvgIpc) is 3.43. The summed E-state index contributed by atoms with van der Waals surface area (Å²) < 4.78 is 11.1. The van der Waals surface area contributed by atoms with Crippen LogP contribution in [0.3, 0.4) is 0 Å². The van der Waals surface area contributed by atoms with Crippen LogP contribution in [0.2, 0.25) is 0 Å². The Bertz CT molecular complexity index is 1030. The van der Waals surface area contributed by atoms with E-state index in [0.29, 0.717) is 19.6 Å². The Morgan fingerprint density at radius 1 is 1.11 bits per heavy atom. The number of hydrogen-bond acceptors (Lipinski definition) is 5. The molecule has 8 heteroatoms. The first kappa shape index (κ1) is 24.7. The molecule has 2 atom stereocenters. The summed E-state index contributed by atoms with van der Waals surface area (Å²) in [6, 6.07) is 15.0. The maximum Gasteiger partial charge on any atom is 0.407 e. The highest BCUT2D eigenvalue weighted by Crippen LogP contribution is 2.44. The molecule has 0 aromatic heterocycles. The van der Waals surface area contributed by atoms with Crippen molar-refractivity contribution in [3.8, 4) is 11.1 Å². The molecular formula is C27H32N2O6. The van der Waals surface area contributed by atoms with E-state index in [-0.39, 0.29) is 25.4 Å². The summed E-state index contributed by atoms with van der Waals surface area (Å²) in [4.78, 5) is 37.0. The van der Waals surface area contributed by atoms with Crippen LogP contribution in [-0.2, 0) is 19.1 Å². The third-order valence-corrected chi connectivity index (χ3v) is 6.82. The fraction of sp³-hybridized carbons (Fsp3) is 0.444. The molecule has 0 saturated carbocycles. The second-order valence-corrected chi connectivity index (χ2v) is 9.28. The Morgan fingerprint density at radius 3 is 2.34 bits per heavy atom. The molecule has 2 aromatic rings. The van der Waals surface area contributed by atoms with Crippen LogP contribution in [0.25, 0.3) is 11.1 Å². The van der Waals surface area contributed by atoms with Crippen molar-refractivity contribution in [2.24, 2.45) is 0 Å². The molecule has 8 nitrogen and oxygen atoms in total. The second kappa shape index (κ2) is 10.9. The number of benzene rings is 2. The Balaban J connectivity index is 1.42. The highest BCUT2D eigenvalue weighted by atomic mass is 16.5. The van der Waals surface area contributed by atoms with Crippen molar-refractivity contribution in [1.29, 1.82) is 0 Å². The summed E-state index contributed by atoms with van der Waals surface area (Å²) in [7, 11) is 0. The molecule has 1 saturated heterocycles. The van der Waals surface area contributed by atoms with Crippen LogP contribution in [0.4, 0.5) is 4.79 Å². The zero-order valence-corrected chi connectivity index (χ0v) is 19.9. The predicted octanol–water partition coefficient (Wildman–Crippen LogP) is 3.83. The number of fused-ring (bicyclic) bond motifs is 3. The fourth-order valence-corrected chi connectivity index (χ4v) is 5.11. The number of carbonyl (C=O) groups is 3. The number of ether oxygens (including phenoxy) is 2. The lowest BCUT2D eigenvalue weighted by Crippen LogP contribution is -2.56. The first-order chi connectivity index (χ1) is 16.9. The summed E-state index contributed by atoms with van der Waals surface area (Å²) in [5.41, 5.74) is 3.93. The molecule has 1 aliphatic heterocycles. The second-order valence-electron chi connectivity index (χ2n) is 9.28. The summed E-state index contributed by atoms with van der Waals surface area (Å²) in [6.07, 6.45) is 1.26. The first-order valence-corrected chi connectivity index (χ1v) is 12.2. The SMILES string of the molecule is CCCC1(NC(=O)C(CCC(=O)O)NC(=O)OCC2c3ccccc3-c3ccccc32)CCOC1. The molecule has 1 fully saturated rings. The third-order valence-electron chi connectivity index (χ3n) is 6.82. The van der Waals surface area contributed by atoms with Crippen LogP contribution in [0.15, 0.2) is 48.5 Å². The van der Waals surface area contributed by atoms with Gasteiger partial charge in [-0.05, 0) is 41.5 Å². The van der Waals surface area contributed by atoms with Crippen molar-refractivity contribution in [3.05, 3.63) is 59.7 Å². The van der Waals surface area contributed by atoms with Crippen LogP contribution < -0.4 is 10.6 Å². The molecule has 2 amide bonds. The van der Waals surface area contributed by atoms with E-state index in [9.17, 15) is 14.4 Å². The van der Waals surface area contributed by atoms with E-state index in [0.717, 1.165) is 35.1 Å². The topological polar surface area (TPSA) is 114 Å². The summed E-state index contributed by atoms with van der Waals surface area (Å²) in [5, 5.41) is 14.8. The smallest absolute Gasteiger partial charge is 0.407 e. The monoisotopic (exact) mass is 480 g/mol. The Morgan fingerprint density at radius 2 is 1.77 bits per heavy atom. The summed E-state index contributed by atoms with van der Waals surface area (Å²) in [6.45, 7) is 3.10. The van der Waals surface area contributed by atoms with Gasteiger partial charge in [-0.1, -0.05) is 61.9 Å². The average molecular weight is 481 g/mol. The van der Waals surface area contributed by atoms with Gasteiger partial charge in [-0.25, -0.2) is 4.79 Å². The highest BCUT2D eigenvalue weighted by Gasteiger charge is 2.38. The lowest BCUT2D eigenvalue weighted by molar-refractivity contribution is -0.137. The van der Waals surface area contributed by atoms with Crippen molar-refractivity contribution in [3.63, 3.8) is 0 Å². The lowest BCUT2D eigenvalue weighted by atomic mass is 9.92. The van der Waals surface area contributed by atoms with Crippen LogP contribution >= 0.6 is 0 Å². The molecule has 2 unspecified atom stereocenters. The van der Waals surface area contributed by atoms with E-state index in [2.05, 4.69) is 22.8 Å². The van der Waals surface area contributed by atoms with Crippen LogP contribution in [0.1, 0.15) is 56.1 Å². The van der Waals surface area contributed by atoms with E-state index in [1.165, 1.54) is 0 Å². The van der Waals surface area contributed by atoms with Gasteiger partial charge in [0, 0.05) is 18.9 Å². The zero-order valence-electron chi connectivity index (χ0n) is 19.9. The van der Waals surface area contributed by atoms with Gasteiger partial charge in [0.2, 0.25) is 5.91 Å². The van der Waals surface area contributed by atoms with Gasteiger partial charge in [0.15, 0.2) is 0 Å². The maximum absolute atomic E-state index is 13.1. The number of aliphatic carboxylic acids is 1. The van der Waals surface area contributed by atoms with Crippen LogP contribution in [-0.4, -0.2) is 54.5 Å². The molecule has 1 heterocycles. The number of hydrogen-bond donors (Lipinski definition) is 3. The van der Waals surface area contributed by atoms with Crippen molar-refractivity contribution in [2.45, 2.75) is 56.5 Å². The number of rotatable bonds is 10.